The lowest BCUT2D eigenvalue weighted by Crippen LogP contribution is -2.26. The molecule has 0 heterocycles. The van der Waals surface area contributed by atoms with Crippen LogP contribution in [0.5, 0.6) is 0 Å². The molecule has 0 aliphatic rings. The minimum absolute atomic E-state index is 0.265. The van der Waals surface area contributed by atoms with Crippen molar-refractivity contribution in [3.63, 3.8) is 0 Å². The van der Waals surface area contributed by atoms with Gasteiger partial charge < -0.3 is 5.73 Å². The number of nitrogens with one attached hydrogen (secondary N) is 1. The number of benzene rings is 2. The molecule has 0 saturated heterocycles. The van der Waals surface area contributed by atoms with Gasteiger partial charge in [0.15, 0.2) is 0 Å². The van der Waals surface area contributed by atoms with Crippen LogP contribution in [0.4, 0.5) is 5.69 Å². The first-order valence-electron chi connectivity index (χ1n) is 6.52. The third-order valence-electron chi connectivity index (χ3n) is 2.98. The van der Waals surface area contributed by atoms with Crippen LogP contribution >= 0.6 is 11.8 Å². The molecule has 0 saturated carbocycles. The second-order valence-corrected chi connectivity index (χ2v) is 7.35. The average molecular weight is 322 g/mol. The molecule has 2 aromatic carbocycles. The Labute approximate surface area is 129 Å². The number of fused-ring (bicyclic) bond motifs is 1. The zero-order valence-corrected chi connectivity index (χ0v) is 13.2. The van der Waals surface area contributed by atoms with E-state index in [4.69, 9.17) is 5.73 Å². The molecule has 0 unspecified atom stereocenters. The quantitative estimate of drug-likeness (QED) is 0.467. The van der Waals surface area contributed by atoms with Crippen molar-refractivity contribution in [2.45, 2.75) is 4.90 Å². The summed E-state index contributed by atoms with van der Waals surface area (Å²) in [6.45, 7) is 4.01. The highest BCUT2D eigenvalue weighted by molar-refractivity contribution is 7.99. The van der Waals surface area contributed by atoms with Crippen LogP contribution in [0.25, 0.3) is 10.8 Å². The maximum Gasteiger partial charge on any atom is 0.241 e. The summed E-state index contributed by atoms with van der Waals surface area (Å²) in [6, 6.07) is 10.4. The number of nitrogens with two attached hydrogens (primary N) is 1. The van der Waals surface area contributed by atoms with E-state index >= 15 is 0 Å². The van der Waals surface area contributed by atoms with Crippen molar-refractivity contribution in [2.24, 2.45) is 0 Å². The lowest BCUT2D eigenvalue weighted by molar-refractivity contribution is 0.585. The van der Waals surface area contributed by atoms with Crippen LogP contribution in [0.3, 0.4) is 0 Å². The molecule has 4 nitrogen and oxygen atoms in total. The monoisotopic (exact) mass is 322 g/mol. The van der Waals surface area contributed by atoms with Crippen LogP contribution in [0, 0.1) is 0 Å². The highest BCUT2D eigenvalue weighted by Gasteiger charge is 2.17. The number of thioether (sulfide) groups is 1. The van der Waals surface area contributed by atoms with Crippen molar-refractivity contribution >= 4 is 38.2 Å². The van der Waals surface area contributed by atoms with Crippen molar-refractivity contribution in [2.75, 3.05) is 23.8 Å². The lowest BCUT2D eigenvalue weighted by atomic mass is 10.1. The fourth-order valence-corrected chi connectivity index (χ4v) is 3.97. The van der Waals surface area contributed by atoms with E-state index in [1.54, 1.807) is 42.1 Å². The van der Waals surface area contributed by atoms with E-state index in [1.807, 2.05) is 12.1 Å². The number of anilines is 1. The molecule has 0 amide bonds. The molecule has 3 N–H and O–H groups in total. The fourth-order valence-electron chi connectivity index (χ4n) is 2.02. The summed E-state index contributed by atoms with van der Waals surface area (Å²) >= 11 is 1.63. The van der Waals surface area contributed by atoms with Crippen LogP contribution in [-0.2, 0) is 10.0 Å². The summed E-state index contributed by atoms with van der Waals surface area (Å²) in [5.74, 6) is 1.52. The third kappa shape index (κ3) is 3.78. The summed E-state index contributed by atoms with van der Waals surface area (Å²) in [5, 5.41) is 1.39. The van der Waals surface area contributed by atoms with Gasteiger partial charge in [0.2, 0.25) is 10.0 Å². The van der Waals surface area contributed by atoms with Crippen LogP contribution in [0.15, 0.2) is 53.9 Å². The summed E-state index contributed by atoms with van der Waals surface area (Å²) in [4.78, 5) is 0.265. The van der Waals surface area contributed by atoms with Gasteiger partial charge in [0, 0.05) is 34.5 Å². The Kier molecular flexibility index (Phi) is 5.27. The highest BCUT2D eigenvalue weighted by atomic mass is 32.2. The highest BCUT2D eigenvalue weighted by Crippen LogP contribution is 2.27. The fraction of sp³-hybridized carbons (Fsp3) is 0.200. The molecule has 0 aliphatic heterocycles. The van der Waals surface area contributed by atoms with Gasteiger partial charge in [-0.1, -0.05) is 30.3 Å². The zero-order valence-electron chi connectivity index (χ0n) is 11.6. The Bertz CT molecular complexity index is 742. The van der Waals surface area contributed by atoms with Crippen LogP contribution in [0.2, 0.25) is 0 Å². The van der Waals surface area contributed by atoms with E-state index in [9.17, 15) is 8.42 Å². The molecule has 2 rings (SSSR count). The predicted octanol–water partition coefficient (Wildman–Crippen LogP) is 2.62. The molecule has 21 heavy (non-hydrogen) atoms. The maximum absolute atomic E-state index is 12.4. The summed E-state index contributed by atoms with van der Waals surface area (Å²) < 4.78 is 27.4. The van der Waals surface area contributed by atoms with Gasteiger partial charge in [0.25, 0.3) is 0 Å². The smallest absolute Gasteiger partial charge is 0.241 e. The molecule has 0 atom stereocenters. The molecule has 0 fully saturated rings. The molecule has 6 heteroatoms. The number of hydrogen-bond acceptors (Lipinski definition) is 4. The van der Waals surface area contributed by atoms with Crippen molar-refractivity contribution in [1.29, 1.82) is 0 Å². The van der Waals surface area contributed by atoms with Gasteiger partial charge in [-0.2, -0.15) is 11.8 Å². The second-order valence-electron chi connectivity index (χ2n) is 4.46. The topological polar surface area (TPSA) is 72.2 Å². The van der Waals surface area contributed by atoms with Gasteiger partial charge in [-0.3, -0.25) is 0 Å². The Morgan fingerprint density at radius 3 is 2.62 bits per heavy atom. The molecule has 0 spiro atoms. The van der Waals surface area contributed by atoms with Crippen LogP contribution in [0.1, 0.15) is 0 Å². The van der Waals surface area contributed by atoms with E-state index < -0.39 is 10.0 Å². The number of sulfonamides is 1. The molecule has 0 bridgehead atoms. The van der Waals surface area contributed by atoms with E-state index in [1.165, 1.54) is 0 Å². The predicted molar refractivity (Wildman–Crippen MR) is 91.1 cm³/mol. The van der Waals surface area contributed by atoms with Gasteiger partial charge in [0.05, 0.1) is 4.90 Å². The van der Waals surface area contributed by atoms with Gasteiger partial charge in [-0.15, -0.1) is 6.58 Å². The standard InChI is InChI=1S/C15H18N2O2S2/c1-2-10-20-11-9-17-21(18,19)15-8-7-14(16)12-5-3-4-6-13(12)15/h2-8,17H,1,9-11,16H2. The summed E-state index contributed by atoms with van der Waals surface area (Å²) in [7, 11) is -3.54. The summed E-state index contributed by atoms with van der Waals surface area (Å²) in [6.07, 6.45) is 1.80. The Hall–Kier alpha value is -1.50. The Balaban J connectivity index is 2.24. The first-order chi connectivity index (χ1) is 10.1. The molecule has 0 aliphatic carbocycles. The molecule has 2 aromatic rings. The number of rotatable bonds is 7. The second kappa shape index (κ2) is 6.98. The minimum Gasteiger partial charge on any atom is -0.398 e. The van der Waals surface area contributed by atoms with E-state index in [0.29, 0.717) is 23.4 Å². The van der Waals surface area contributed by atoms with Crippen molar-refractivity contribution in [1.82, 2.24) is 4.72 Å². The molecule has 0 radical (unpaired) electrons. The van der Waals surface area contributed by atoms with Gasteiger partial charge in [0.1, 0.15) is 0 Å². The van der Waals surface area contributed by atoms with Gasteiger partial charge in [-0.05, 0) is 12.1 Å². The molecular weight excluding hydrogens is 304 g/mol. The van der Waals surface area contributed by atoms with Crippen molar-refractivity contribution in [3.05, 3.63) is 49.1 Å². The van der Waals surface area contributed by atoms with E-state index in [0.717, 1.165) is 11.1 Å². The largest absolute Gasteiger partial charge is 0.398 e. The molecule has 0 aromatic heterocycles. The third-order valence-corrected chi connectivity index (χ3v) is 5.46. The Morgan fingerprint density at radius 1 is 1.19 bits per heavy atom. The van der Waals surface area contributed by atoms with E-state index in [2.05, 4.69) is 11.3 Å². The summed E-state index contributed by atoms with van der Waals surface area (Å²) in [5.41, 5.74) is 6.47. The van der Waals surface area contributed by atoms with Crippen molar-refractivity contribution in [3.8, 4) is 0 Å². The first-order valence-corrected chi connectivity index (χ1v) is 9.15. The normalized spacial score (nSPS) is 11.6. The molecular formula is C15H18N2O2S2. The first kappa shape index (κ1) is 15.9. The van der Waals surface area contributed by atoms with Crippen molar-refractivity contribution < 1.29 is 8.42 Å². The minimum atomic E-state index is -3.54. The Morgan fingerprint density at radius 2 is 1.90 bits per heavy atom. The van der Waals surface area contributed by atoms with Gasteiger partial charge >= 0.3 is 0 Å². The molecule has 112 valence electrons. The van der Waals surface area contributed by atoms with E-state index in [-0.39, 0.29) is 4.90 Å². The number of hydrogen-bond donors (Lipinski definition) is 2. The average Bonchev–Trinajstić information content (AvgIpc) is 2.47. The zero-order chi connectivity index (χ0) is 15.3. The SMILES string of the molecule is C=CCSCCNS(=O)(=O)c1ccc(N)c2ccccc12. The van der Waals surface area contributed by atoms with Crippen LogP contribution in [-0.4, -0.2) is 26.5 Å². The van der Waals surface area contributed by atoms with Gasteiger partial charge in [-0.25, -0.2) is 13.1 Å². The van der Waals surface area contributed by atoms with Crippen LogP contribution < -0.4 is 10.5 Å². The number of nitrogen functional groups attached to an aromatic ring is 1. The maximum atomic E-state index is 12.4. The lowest BCUT2D eigenvalue weighted by Gasteiger charge is -2.10.